The van der Waals surface area contributed by atoms with Crippen molar-refractivity contribution < 1.29 is 5.11 Å². The Kier molecular flexibility index (Phi) is 4.47. The van der Waals surface area contributed by atoms with Crippen molar-refractivity contribution in [2.45, 2.75) is 19.3 Å². The van der Waals surface area contributed by atoms with Crippen molar-refractivity contribution in [1.29, 1.82) is 0 Å². The van der Waals surface area contributed by atoms with Crippen LogP contribution in [0.25, 0.3) is 0 Å². The minimum atomic E-state index is 0.318. The Morgan fingerprint density at radius 2 is 1.58 bits per heavy atom. The molecule has 0 amide bonds. The molecular weight excluding hydrogens is 148 g/mol. The molecule has 0 saturated carbocycles. The molecule has 0 heterocycles. The Labute approximate surface area is 74.1 Å². The molecule has 12 heavy (non-hydrogen) atoms. The van der Waals surface area contributed by atoms with E-state index in [1.165, 1.54) is 0 Å². The molecule has 0 atom stereocenters. The minimum Gasteiger partial charge on any atom is -0.396 e. The second-order valence-corrected chi connectivity index (χ2v) is 3.04. The van der Waals surface area contributed by atoms with E-state index < -0.39 is 0 Å². The summed E-state index contributed by atoms with van der Waals surface area (Å²) < 4.78 is 0. The van der Waals surface area contributed by atoms with Gasteiger partial charge in [0.05, 0.1) is 0 Å². The first-order valence-corrected chi connectivity index (χ1v) is 4.56. The molecule has 0 radical (unpaired) electrons. The van der Waals surface area contributed by atoms with Gasteiger partial charge in [-0.15, -0.1) is 0 Å². The fraction of sp³-hybridized carbons (Fsp3) is 0.455. The predicted molar refractivity (Wildman–Crippen MR) is 51.8 cm³/mol. The summed E-state index contributed by atoms with van der Waals surface area (Å²) >= 11 is 0. The monoisotopic (exact) mass is 164 g/mol. The average molecular weight is 164 g/mol. The first-order chi connectivity index (χ1) is 5.93. The Morgan fingerprint density at radius 1 is 0.917 bits per heavy atom. The van der Waals surface area contributed by atoms with Crippen LogP contribution in [0.5, 0.6) is 0 Å². The standard InChI is InChI=1S/C11H16O/c12-10-6-5-9-11-7-3-1-2-4-8-11/h1-4,7-8,11-12H,5-6,9-10H2. The van der Waals surface area contributed by atoms with Crippen molar-refractivity contribution in [1.82, 2.24) is 0 Å². The van der Waals surface area contributed by atoms with E-state index in [2.05, 4.69) is 24.3 Å². The van der Waals surface area contributed by atoms with E-state index in [0.29, 0.717) is 12.5 Å². The molecule has 0 aromatic carbocycles. The van der Waals surface area contributed by atoms with Gasteiger partial charge in [0.1, 0.15) is 0 Å². The van der Waals surface area contributed by atoms with Crippen molar-refractivity contribution in [3.05, 3.63) is 36.5 Å². The van der Waals surface area contributed by atoms with Crippen LogP contribution >= 0.6 is 0 Å². The number of rotatable bonds is 4. The molecule has 0 saturated heterocycles. The first kappa shape index (κ1) is 9.27. The smallest absolute Gasteiger partial charge is 0.0431 e. The summed E-state index contributed by atoms with van der Waals surface area (Å²) in [6.07, 6.45) is 15.9. The molecule has 66 valence electrons. The molecule has 1 N–H and O–H groups in total. The van der Waals surface area contributed by atoms with Gasteiger partial charge in [0.15, 0.2) is 0 Å². The SMILES string of the molecule is OCCCCC1C=CC=CC=C1. The van der Waals surface area contributed by atoms with Gasteiger partial charge in [-0.2, -0.15) is 0 Å². The number of hydrogen-bond acceptors (Lipinski definition) is 1. The van der Waals surface area contributed by atoms with Crippen LogP contribution in [0.4, 0.5) is 0 Å². The van der Waals surface area contributed by atoms with Crippen molar-refractivity contribution in [2.75, 3.05) is 6.61 Å². The lowest BCUT2D eigenvalue weighted by Gasteiger charge is -2.04. The van der Waals surface area contributed by atoms with Crippen molar-refractivity contribution in [2.24, 2.45) is 5.92 Å². The molecule has 0 bridgehead atoms. The van der Waals surface area contributed by atoms with Crippen molar-refractivity contribution in [3.8, 4) is 0 Å². The zero-order valence-corrected chi connectivity index (χ0v) is 7.32. The van der Waals surface area contributed by atoms with Crippen LogP contribution in [0.3, 0.4) is 0 Å². The maximum Gasteiger partial charge on any atom is 0.0431 e. The number of aliphatic hydroxyl groups excluding tert-OH is 1. The lowest BCUT2D eigenvalue weighted by molar-refractivity contribution is 0.281. The van der Waals surface area contributed by atoms with Gasteiger partial charge < -0.3 is 5.11 Å². The molecule has 0 fully saturated rings. The highest BCUT2D eigenvalue weighted by atomic mass is 16.2. The predicted octanol–water partition coefficient (Wildman–Crippen LogP) is 2.45. The molecule has 0 aliphatic heterocycles. The number of unbranched alkanes of at least 4 members (excludes halogenated alkanes) is 1. The molecule has 1 heteroatoms. The summed E-state index contributed by atoms with van der Waals surface area (Å²) in [5.41, 5.74) is 0. The molecule has 1 nitrogen and oxygen atoms in total. The highest BCUT2D eigenvalue weighted by Gasteiger charge is 1.99. The van der Waals surface area contributed by atoms with E-state index in [0.717, 1.165) is 19.3 Å². The lowest BCUT2D eigenvalue weighted by atomic mass is 10.0. The summed E-state index contributed by atoms with van der Waals surface area (Å²) in [5, 5.41) is 8.60. The van der Waals surface area contributed by atoms with Gasteiger partial charge in [-0.3, -0.25) is 0 Å². The van der Waals surface area contributed by atoms with Crippen molar-refractivity contribution in [3.63, 3.8) is 0 Å². The van der Waals surface area contributed by atoms with Gasteiger partial charge in [-0.05, 0) is 18.8 Å². The molecule has 0 unspecified atom stereocenters. The quantitative estimate of drug-likeness (QED) is 0.633. The molecular formula is C11H16O. The van der Waals surface area contributed by atoms with E-state index >= 15 is 0 Å². The Balaban J connectivity index is 2.23. The zero-order valence-electron chi connectivity index (χ0n) is 7.32. The third kappa shape index (κ3) is 3.54. The highest BCUT2D eigenvalue weighted by molar-refractivity contribution is 5.19. The maximum absolute atomic E-state index is 8.60. The molecule has 1 aliphatic rings. The van der Waals surface area contributed by atoms with Gasteiger partial charge in [-0.25, -0.2) is 0 Å². The summed E-state index contributed by atoms with van der Waals surface area (Å²) in [7, 11) is 0. The first-order valence-electron chi connectivity index (χ1n) is 4.56. The molecule has 0 aromatic heterocycles. The summed E-state index contributed by atoms with van der Waals surface area (Å²) in [6, 6.07) is 0. The van der Waals surface area contributed by atoms with Crippen LogP contribution in [0.1, 0.15) is 19.3 Å². The maximum atomic E-state index is 8.60. The van der Waals surface area contributed by atoms with E-state index in [9.17, 15) is 0 Å². The van der Waals surface area contributed by atoms with Crippen LogP contribution in [-0.4, -0.2) is 11.7 Å². The van der Waals surface area contributed by atoms with Gasteiger partial charge in [0, 0.05) is 6.61 Å². The molecule has 1 rings (SSSR count). The number of hydrogen-bond donors (Lipinski definition) is 1. The summed E-state index contributed by atoms with van der Waals surface area (Å²) in [4.78, 5) is 0. The minimum absolute atomic E-state index is 0.318. The van der Waals surface area contributed by atoms with Crippen LogP contribution in [0.15, 0.2) is 36.5 Å². The van der Waals surface area contributed by atoms with Crippen LogP contribution in [0, 0.1) is 5.92 Å². The second-order valence-electron chi connectivity index (χ2n) is 3.04. The lowest BCUT2D eigenvalue weighted by Crippen LogP contribution is -1.92. The van der Waals surface area contributed by atoms with Gasteiger partial charge in [0.2, 0.25) is 0 Å². The number of aliphatic hydroxyl groups is 1. The van der Waals surface area contributed by atoms with Crippen LogP contribution in [-0.2, 0) is 0 Å². The molecule has 0 aromatic rings. The fourth-order valence-electron chi connectivity index (χ4n) is 1.29. The largest absolute Gasteiger partial charge is 0.396 e. The fourth-order valence-corrected chi connectivity index (χ4v) is 1.29. The third-order valence-electron chi connectivity index (χ3n) is 2.00. The topological polar surface area (TPSA) is 20.2 Å². The van der Waals surface area contributed by atoms with E-state index in [1.807, 2.05) is 12.2 Å². The molecule has 1 aliphatic carbocycles. The third-order valence-corrected chi connectivity index (χ3v) is 2.00. The van der Waals surface area contributed by atoms with Gasteiger partial charge in [-0.1, -0.05) is 42.9 Å². The van der Waals surface area contributed by atoms with Crippen LogP contribution < -0.4 is 0 Å². The van der Waals surface area contributed by atoms with E-state index in [-0.39, 0.29) is 0 Å². The van der Waals surface area contributed by atoms with Crippen LogP contribution in [0.2, 0.25) is 0 Å². The van der Waals surface area contributed by atoms with Crippen molar-refractivity contribution >= 4 is 0 Å². The zero-order chi connectivity index (χ0) is 8.65. The Morgan fingerprint density at radius 3 is 2.17 bits per heavy atom. The second kappa shape index (κ2) is 5.78. The van der Waals surface area contributed by atoms with E-state index in [1.54, 1.807) is 0 Å². The molecule has 0 spiro atoms. The Bertz CT molecular complexity index is 173. The summed E-state index contributed by atoms with van der Waals surface area (Å²) in [6.45, 7) is 0.318. The average Bonchev–Trinajstić information content (AvgIpc) is 2.33. The van der Waals surface area contributed by atoms with Gasteiger partial charge >= 0.3 is 0 Å². The van der Waals surface area contributed by atoms with E-state index in [4.69, 9.17) is 5.11 Å². The summed E-state index contributed by atoms with van der Waals surface area (Å²) in [5.74, 6) is 0.562. The normalized spacial score (nSPS) is 16.8. The highest BCUT2D eigenvalue weighted by Crippen LogP contribution is 2.13. The number of allylic oxidation sites excluding steroid dienone is 6. The Hall–Kier alpha value is -0.820. The van der Waals surface area contributed by atoms with Gasteiger partial charge in [0.25, 0.3) is 0 Å².